The molecule has 0 radical (unpaired) electrons. The number of aryl methyl sites for hydroxylation is 1. The second-order valence-electron chi connectivity index (χ2n) is 12.6. The van der Waals surface area contributed by atoms with Gasteiger partial charge in [0.05, 0.1) is 22.2 Å². The zero-order valence-corrected chi connectivity index (χ0v) is 23.7. The van der Waals surface area contributed by atoms with Gasteiger partial charge in [-0.15, -0.1) is 0 Å². The van der Waals surface area contributed by atoms with Gasteiger partial charge in [0.2, 0.25) is 15.9 Å². The summed E-state index contributed by atoms with van der Waals surface area (Å²) in [6.45, 7) is 6.16. The van der Waals surface area contributed by atoms with E-state index in [0.717, 1.165) is 22.4 Å². The number of benzene rings is 2. The zero-order valence-electron chi connectivity index (χ0n) is 22.1. The molecule has 1 amide bonds. The van der Waals surface area contributed by atoms with Gasteiger partial charge in [-0.2, -0.15) is 0 Å². The number of carbonyl (C=O) groups is 1. The molecule has 1 spiro atoms. The summed E-state index contributed by atoms with van der Waals surface area (Å²) >= 11 is 0. The number of aromatic nitrogens is 1. The normalized spacial score (nSPS) is 32.1. The van der Waals surface area contributed by atoms with Crippen LogP contribution in [0.3, 0.4) is 0 Å². The SMILES string of the molecule is Cc1ccc(S(=O)(=O)n2cc([C@H]3C[C@@H]3C(=O)N3C4CC5CCC4(CS3(=O)=O)C5(C)C)c3cc(F)ccc32)cc1. The van der Waals surface area contributed by atoms with Crippen molar-refractivity contribution in [1.29, 1.82) is 0 Å². The zero-order chi connectivity index (χ0) is 27.7. The molecular weight excluding hydrogens is 539 g/mol. The van der Waals surface area contributed by atoms with E-state index in [1.165, 1.54) is 40.8 Å². The molecule has 10 heteroatoms. The molecule has 3 aromatic rings. The second-order valence-corrected chi connectivity index (χ2v) is 16.2. The third-order valence-electron chi connectivity index (χ3n) is 10.5. The summed E-state index contributed by atoms with van der Waals surface area (Å²) in [5.74, 6) is -1.46. The lowest BCUT2D eigenvalue weighted by atomic mass is 9.69. The third kappa shape index (κ3) is 3.27. The number of halogens is 1. The van der Waals surface area contributed by atoms with Gasteiger partial charge < -0.3 is 0 Å². The first-order valence-corrected chi connectivity index (χ1v) is 16.5. The topological polar surface area (TPSA) is 93.5 Å². The highest BCUT2D eigenvalue weighted by molar-refractivity contribution is 7.90. The Morgan fingerprint density at radius 1 is 1.08 bits per heavy atom. The van der Waals surface area contributed by atoms with Gasteiger partial charge in [0.1, 0.15) is 5.82 Å². The fraction of sp³-hybridized carbons (Fsp3) is 0.483. The molecule has 1 saturated heterocycles. The smallest absolute Gasteiger partial charge is 0.268 e. The molecule has 3 saturated carbocycles. The molecule has 1 aliphatic heterocycles. The summed E-state index contributed by atoms with van der Waals surface area (Å²) in [5, 5.41) is 0.424. The number of nitrogens with zero attached hydrogens (tertiary/aromatic N) is 2. The fourth-order valence-corrected chi connectivity index (χ4v) is 12.0. The van der Waals surface area contributed by atoms with Gasteiger partial charge in [-0.1, -0.05) is 31.5 Å². The summed E-state index contributed by atoms with van der Waals surface area (Å²) in [4.78, 5) is 13.9. The van der Waals surface area contributed by atoms with Crippen LogP contribution in [0, 0.1) is 35.4 Å². The molecule has 39 heavy (non-hydrogen) atoms. The minimum atomic E-state index is -3.98. The predicted molar refractivity (Wildman–Crippen MR) is 144 cm³/mol. The highest BCUT2D eigenvalue weighted by Gasteiger charge is 2.73. The fourth-order valence-electron chi connectivity index (χ4n) is 8.07. The summed E-state index contributed by atoms with van der Waals surface area (Å²) in [6.07, 6.45) is 4.40. The number of fused-ring (bicyclic) bond motifs is 2. The first-order valence-electron chi connectivity index (χ1n) is 13.5. The van der Waals surface area contributed by atoms with Crippen LogP contribution in [0.4, 0.5) is 4.39 Å². The van der Waals surface area contributed by atoms with Gasteiger partial charge in [0, 0.05) is 22.9 Å². The lowest BCUT2D eigenvalue weighted by Crippen LogP contribution is -2.44. The van der Waals surface area contributed by atoms with Gasteiger partial charge in [-0.3, -0.25) is 4.79 Å². The molecule has 206 valence electrons. The molecule has 0 N–H and O–H groups in total. The standard InChI is InChI=1S/C29H31FN2O5S2/c1-17-4-7-20(8-5-17)39(36,37)31-15-24(22-13-19(30)6-9-25(22)31)21-14-23(21)27(33)32-26-12-18-10-11-29(26,28(18,2)3)16-38(32,34)35/h4-9,13,15,18,21,23,26H,10-12,14,16H2,1-3H3/t18?,21-,23-,26?,29?/m0/s1. The number of hydrogen-bond donors (Lipinski definition) is 0. The Bertz CT molecular complexity index is 1780. The van der Waals surface area contributed by atoms with Crippen LogP contribution in [-0.4, -0.2) is 42.8 Å². The van der Waals surface area contributed by atoms with Gasteiger partial charge >= 0.3 is 0 Å². The third-order valence-corrected chi connectivity index (χ3v) is 14.1. The van der Waals surface area contributed by atoms with Crippen LogP contribution in [-0.2, 0) is 24.8 Å². The Morgan fingerprint density at radius 3 is 2.49 bits per heavy atom. The number of carbonyl (C=O) groups excluding carboxylic acids is 1. The van der Waals surface area contributed by atoms with Crippen molar-refractivity contribution in [2.45, 2.75) is 63.3 Å². The van der Waals surface area contributed by atoms with Crippen LogP contribution in [0.5, 0.6) is 0 Å². The Morgan fingerprint density at radius 2 is 1.79 bits per heavy atom. The minimum absolute atomic E-state index is 0.0105. The van der Waals surface area contributed by atoms with E-state index in [0.29, 0.717) is 35.2 Å². The summed E-state index contributed by atoms with van der Waals surface area (Å²) < 4.78 is 70.7. The lowest BCUT2D eigenvalue weighted by molar-refractivity contribution is -0.130. The van der Waals surface area contributed by atoms with E-state index in [4.69, 9.17) is 0 Å². The van der Waals surface area contributed by atoms with E-state index in [-0.39, 0.29) is 28.0 Å². The maximum atomic E-state index is 14.4. The van der Waals surface area contributed by atoms with E-state index >= 15 is 0 Å². The molecule has 2 aromatic carbocycles. The van der Waals surface area contributed by atoms with Crippen molar-refractivity contribution in [2.24, 2.45) is 22.7 Å². The summed E-state index contributed by atoms with van der Waals surface area (Å²) in [7, 11) is -7.74. The summed E-state index contributed by atoms with van der Waals surface area (Å²) in [6, 6.07) is 10.1. The number of hydrogen-bond acceptors (Lipinski definition) is 5. The van der Waals surface area contributed by atoms with Crippen LogP contribution >= 0.6 is 0 Å². The first kappa shape index (κ1) is 25.3. The van der Waals surface area contributed by atoms with Gasteiger partial charge in [0.25, 0.3) is 10.0 Å². The summed E-state index contributed by atoms with van der Waals surface area (Å²) in [5.41, 5.74) is 1.26. The number of amides is 1. The molecule has 1 aromatic heterocycles. The van der Waals surface area contributed by atoms with E-state index in [1.54, 1.807) is 12.1 Å². The first-order chi connectivity index (χ1) is 18.3. The van der Waals surface area contributed by atoms with Crippen molar-refractivity contribution in [3.8, 4) is 0 Å². The maximum Gasteiger partial charge on any atom is 0.268 e. The van der Waals surface area contributed by atoms with E-state index in [9.17, 15) is 26.0 Å². The van der Waals surface area contributed by atoms with E-state index in [1.807, 2.05) is 6.92 Å². The van der Waals surface area contributed by atoms with E-state index in [2.05, 4.69) is 13.8 Å². The highest BCUT2D eigenvalue weighted by Crippen LogP contribution is 2.70. The molecular formula is C29H31FN2O5S2. The molecule has 3 aliphatic carbocycles. The predicted octanol–water partition coefficient (Wildman–Crippen LogP) is 4.80. The molecule has 7 nitrogen and oxygen atoms in total. The van der Waals surface area contributed by atoms with Crippen molar-refractivity contribution >= 4 is 36.9 Å². The number of sulfonamides is 1. The Kier molecular flexibility index (Phi) is 5.00. The minimum Gasteiger partial charge on any atom is -0.273 e. The average molecular weight is 571 g/mol. The van der Waals surface area contributed by atoms with Crippen LogP contribution in [0.15, 0.2) is 53.6 Å². The molecule has 2 bridgehead atoms. The molecule has 2 heterocycles. The molecule has 5 atom stereocenters. The van der Waals surface area contributed by atoms with Crippen molar-refractivity contribution in [3.05, 3.63) is 65.6 Å². The monoisotopic (exact) mass is 570 g/mol. The number of rotatable bonds is 4. The van der Waals surface area contributed by atoms with Crippen LogP contribution in [0.1, 0.15) is 56.6 Å². The highest BCUT2D eigenvalue weighted by atomic mass is 32.2. The van der Waals surface area contributed by atoms with Crippen molar-refractivity contribution in [3.63, 3.8) is 0 Å². The molecule has 4 fully saturated rings. The van der Waals surface area contributed by atoms with Gasteiger partial charge in [-0.25, -0.2) is 29.5 Å². The Labute approximate surface area is 228 Å². The van der Waals surface area contributed by atoms with Crippen LogP contribution in [0.2, 0.25) is 0 Å². The Hall–Kier alpha value is -2.72. The van der Waals surface area contributed by atoms with Gasteiger partial charge in [0.15, 0.2) is 0 Å². The van der Waals surface area contributed by atoms with Crippen LogP contribution < -0.4 is 0 Å². The second kappa shape index (κ2) is 7.72. The van der Waals surface area contributed by atoms with Crippen molar-refractivity contribution in [2.75, 3.05) is 5.75 Å². The lowest BCUT2D eigenvalue weighted by Gasteiger charge is -2.37. The molecule has 7 rings (SSSR count). The molecule has 3 unspecified atom stereocenters. The quantitative estimate of drug-likeness (QED) is 0.450. The Balaban J connectivity index is 1.26. The average Bonchev–Trinajstić information content (AvgIpc) is 3.35. The molecule has 4 aliphatic rings. The van der Waals surface area contributed by atoms with Crippen molar-refractivity contribution < 1.29 is 26.0 Å². The largest absolute Gasteiger partial charge is 0.273 e. The van der Waals surface area contributed by atoms with Gasteiger partial charge in [-0.05, 0) is 85.8 Å². The van der Waals surface area contributed by atoms with Crippen molar-refractivity contribution in [1.82, 2.24) is 8.28 Å². The van der Waals surface area contributed by atoms with E-state index < -0.39 is 43.1 Å². The van der Waals surface area contributed by atoms with Crippen LogP contribution in [0.25, 0.3) is 10.9 Å². The maximum absolute atomic E-state index is 14.4.